The third-order valence-corrected chi connectivity index (χ3v) is 5.42. The maximum atomic E-state index is 3.50. The fourth-order valence-corrected chi connectivity index (χ4v) is 4.40. The Hall–Kier alpha value is -0.470. The van der Waals surface area contributed by atoms with Gasteiger partial charge in [0.25, 0.3) is 0 Å². The predicted octanol–water partition coefficient (Wildman–Crippen LogP) is 4.00. The zero-order valence-electron chi connectivity index (χ0n) is 11.8. The van der Waals surface area contributed by atoms with Gasteiger partial charge in [-0.25, -0.2) is 0 Å². The average molecular weight is 263 g/mol. The third kappa shape index (κ3) is 3.76. The number of aryl methyl sites for hydroxylation is 1. The second kappa shape index (κ2) is 6.63. The zero-order chi connectivity index (χ0) is 13.0. The average Bonchev–Trinajstić information content (AvgIpc) is 2.37. The summed E-state index contributed by atoms with van der Waals surface area (Å²) in [4.78, 5) is 0. The zero-order valence-corrected chi connectivity index (χ0v) is 12.6. The first-order chi connectivity index (χ1) is 8.69. The summed E-state index contributed by atoms with van der Waals surface area (Å²) in [5, 5.41) is 4.28. The van der Waals surface area contributed by atoms with Crippen LogP contribution in [-0.4, -0.2) is 18.3 Å². The van der Waals surface area contributed by atoms with Gasteiger partial charge in [0.15, 0.2) is 0 Å². The lowest BCUT2D eigenvalue weighted by Crippen LogP contribution is -2.40. The highest BCUT2D eigenvalue weighted by Gasteiger charge is 2.27. The highest BCUT2D eigenvalue weighted by Crippen LogP contribution is 2.33. The molecule has 0 bridgehead atoms. The first-order valence-corrected chi connectivity index (χ1v) is 8.08. The van der Waals surface area contributed by atoms with E-state index in [2.05, 4.69) is 62.2 Å². The Kier molecular flexibility index (Phi) is 5.13. The normalized spacial score (nSPS) is 28.3. The van der Waals surface area contributed by atoms with Crippen molar-refractivity contribution in [1.82, 2.24) is 5.32 Å². The second-order valence-corrected chi connectivity index (χ2v) is 6.88. The molecule has 3 atom stereocenters. The summed E-state index contributed by atoms with van der Waals surface area (Å²) in [5.74, 6) is 2.04. The maximum absolute atomic E-state index is 3.50. The summed E-state index contributed by atoms with van der Waals surface area (Å²) in [6.45, 7) is 4.57. The molecule has 1 aromatic rings. The molecule has 1 aliphatic carbocycles. The molecular formula is C16H25NS. The summed E-state index contributed by atoms with van der Waals surface area (Å²) >= 11 is 2.13. The van der Waals surface area contributed by atoms with Crippen molar-refractivity contribution in [2.24, 2.45) is 5.92 Å². The number of nitrogens with one attached hydrogen (secondary N) is 1. The number of hydrogen-bond donors (Lipinski definition) is 1. The van der Waals surface area contributed by atoms with E-state index in [1.54, 1.807) is 0 Å². The standard InChI is InChI=1S/C16H25NS/c1-12-5-4-6-14(9-12)11-18-16-10-13(2)7-8-15(16)17-3/h4-6,9,13,15-17H,7-8,10-11H2,1-3H3. The van der Waals surface area contributed by atoms with Gasteiger partial charge in [-0.05, 0) is 44.7 Å². The quantitative estimate of drug-likeness (QED) is 0.881. The minimum atomic E-state index is 0.705. The molecule has 2 rings (SSSR count). The Morgan fingerprint density at radius 3 is 2.89 bits per heavy atom. The monoisotopic (exact) mass is 263 g/mol. The summed E-state index contributed by atoms with van der Waals surface area (Å²) < 4.78 is 0. The molecule has 0 radical (unpaired) electrons. The summed E-state index contributed by atoms with van der Waals surface area (Å²) in [6, 6.07) is 9.61. The van der Waals surface area contributed by atoms with Gasteiger partial charge in [-0.3, -0.25) is 0 Å². The molecule has 1 aliphatic rings. The first kappa shape index (κ1) is 14.0. The number of benzene rings is 1. The van der Waals surface area contributed by atoms with Crippen molar-refractivity contribution in [1.29, 1.82) is 0 Å². The van der Waals surface area contributed by atoms with Crippen LogP contribution in [0.1, 0.15) is 37.3 Å². The van der Waals surface area contributed by atoms with Gasteiger partial charge in [0, 0.05) is 17.0 Å². The van der Waals surface area contributed by atoms with Crippen LogP contribution in [0.3, 0.4) is 0 Å². The van der Waals surface area contributed by atoms with E-state index in [0.717, 1.165) is 16.9 Å². The van der Waals surface area contributed by atoms with Gasteiger partial charge in [-0.2, -0.15) is 11.8 Å². The van der Waals surface area contributed by atoms with E-state index in [0.29, 0.717) is 6.04 Å². The van der Waals surface area contributed by atoms with Gasteiger partial charge < -0.3 is 5.32 Å². The Morgan fingerprint density at radius 1 is 1.33 bits per heavy atom. The molecule has 0 spiro atoms. The van der Waals surface area contributed by atoms with Crippen molar-refractivity contribution >= 4 is 11.8 Å². The SMILES string of the molecule is CNC1CCC(C)CC1SCc1cccc(C)c1. The molecule has 1 fully saturated rings. The van der Waals surface area contributed by atoms with E-state index < -0.39 is 0 Å². The molecule has 0 saturated heterocycles. The maximum Gasteiger partial charge on any atom is 0.0206 e. The smallest absolute Gasteiger partial charge is 0.0206 e. The number of hydrogen-bond acceptors (Lipinski definition) is 2. The van der Waals surface area contributed by atoms with Gasteiger partial charge in [-0.15, -0.1) is 0 Å². The molecule has 18 heavy (non-hydrogen) atoms. The highest BCUT2D eigenvalue weighted by atomic mass is 32.2. The van der Waals surface area contributed by atoms with Crippen molar-refractivity contribution in [2.75, 3.05) is 7.05 Å². The minimum absolute atomic E-state index is 0.705. The molecule has 3 unspecified atom stereocenters. The van der Waals surface area contributed by atoms with E-state index in [9.17, 15) is 0 Å². The molecule has 1 aromatic carbocycles. The molecule has 0 amide bonds. The van der Waals surface area contributed by atoms with Crippen LogP contribution >= 0.6 is 11.8 Å². The highest BCUT2D eigenvalue weighted by molar-refractivity contribution is 7.99. The van der Waals surface area contributed by atoms with Crippen LogP contribution in [-0.2, 0) is 5.75 Å². The predicted molar refractivity (Wildman–Crippen MR) is 82.1 cm³/mol. The van der Waals surface area contributed by atoms with Crippen LogP contribution in [0, 0.1) is 12.8 Å². The summed E-state index contributed by atoms with van der Waals surface area (Å²) in [5.41, 5.74) is 2.84. The van der Waals surface area contributed by atoms with Crippen LogP contribution in [0.5, 0.6) is 0 Å². The topological polar surface area (TPSA) is 12.0 Å². The van der Waals surface area contributed by atoms with Gasteiger partial charge in [0.1, 0.15) is 0 Å². The van der Waals surface area contributed by atoms with Crippen molar-refractivity contribution in [3.63, 3.8) is 0 Å². The van der Waals surface area contributed by atoms with Crippen molar-refractivity contribution in [3.8, 4) is 0 Å². The second-order valence-electron chi connectivity index (χ2n) is 5.65. The van der Waals surface area contributed by atoms with Crippen LogP contribution < -0.4 is 5.32 Å². The third-order valence-electron chi connectivity index (χ3n) is 3.97. The molecule has 1 saturated carbocycles. The fourth-order valence-electron chi connectivity index (χ4n) is 2.85. The first-order valence-electron chi connectivity index (χ1n) is 7.03. The molecule has 1 nitrogen and oxygen atoms in total. The molecule has 0 heterocycles. The lowest BCUT2D eigenvalue weighted by atomic mass is 9.87. The van der Waals surface area contributed by atoms with Crippen LogP contribution in [0.25, 0.3) is 0 Å². The van der Waals surface area contributed by atoms with Gasteiger partial charge >= 0.3 is 0 Å². The van der Waals surface area contributed by atoms with Crippen molar-refractivity contribution in [2.45, 2.75) is 50.2 Å². The van der Waals surface area contributed by atoms with Crippen molar-refractivity contribution in [3.05, 3.63) is 35.4 Å². The Morgan fingerprint density at radius 2 is 2.17 bits per heavy atom. The van der Waals surface area contributed by atoms with E-state index in [4.69, 9.17) is 0 Å². The lowest BCUT2D eigenvalue weighted by Gasteiger charge is -2.34. The molecule has 2 heteroatoms. The Labute approximate surface area is 116 Å². The van der Waals surface area contributed by atoms with Crippen LogP contribution in [0.15, 0.2) is 24.3 Å². The Bertz CT molecular complexity index is 377. The van der Waals surface area contributed by atoms with Gasteiger partial charge in [0.2, 0.25) is 0 Å². The van der Waals surface area contributed by atoms with E-state index in [1.807, 2.05) is 0 Å². The van der Waals surface area contributed by atoms with E-state index in [1.165, 1.54) is 30.4 Å². The molecular weight excluding hydrogens is 238 g/mol. The van der Waals surface area contributed by atoms with Gasteiger partial charge in [-0.1, -0.05) is 36.8 Å². The molecule has 100 valence electrons. The van der Waals surface area contributed by atoms with E-state index in [-0.39, 0.29) is 0 Å². The summed E-state index contributed by atoms with van der Waals surface area (Å²) in [7, 11) is 2.11. The Balaban J connectivity index is 1.91. The summed E-state index contributed by atoms with van der Waals surface area (Å²) in [6.07, 6.45) is 4.08. The fraction of sp³-hybridized carbons (Fsp3) is 0.625. The van der Waals surface area contributed by atoms with Crippen LogP contribution in [0.2, 0.25) is 0 Å². The molecule has 0 aliphatic heterocycles. The lowest BCUT2D eigenvalue weighted by molar-refractivity contribution is 0.329. The number of thioether (sulfide) groups is 1. The van der Waals surface area contributed by atoms with Crippen LogP contribution in [0.4, 0.5) is 0 Å². The minimum Gasteiger partial charge on any atom is -0.316 e. The van der Waals surface area contributed by atoms with E-state index >= 15 is 0 Å². The van der Waals surface area contributed by atoms with Crippen molar-refractivity contribution < 1.29 is 0 Å². The van der Waals surface area contributed by atoms with Gasteiger partial charge in [0.05, 0.1) is 0 Å². The number of rotatable bonds is 4. The molecule has 1 N–H and O–H groups in total. The largest absolute Gasteiger partial charge is 0.316 e. The molecule has 0 aromatic heterocycles.